The Morgan fingerprint density at radius 2 is 1.97 bits per heavy atom. The summed E-state index contributed by atoms with van der Waals surface area (Å²) in [6, 6.07) is 4.72. The fraction of sp³-hybridized carbons (Fsp3) is 0.211. The molecule has 0 atom stereocenters. The van der Waals surface area contributed by atoms with Crippen molar-refractivity contribution in [1.29, 1.82) is 0 Å². The molecule has 0 amide bonds. The molecule has 160 valence electrons. The van der Waals surface area contributed by atoms with Gasteiger partial charge in [0.25, 0.3) is 11.1 Å². The first kappa shape index (κ1) is 23.3. The van der Waals surface area contributed by atoms with Crippen LogP contribution in [0.5, 0.6) is 0 Å². The van der Waals surface area contributed by atoms with Crippen LogP contribution in [0.1, 0.15) is 18.9 Å². The van der Waals surface area contributed by atoms with E-state index in [1.54, 1.807) is 21.9 Å². The lowest BCUT2D eigenvalue weighted by Crippen LogP contribution is -2.24. The second-order valence-electron chi connectivity index (χ2n) is 6.03. The third kappa shape index (κ3) is 5.56. The summed E-state index contributed by atoms with van der Waals surface area (Å²) < 4.78 is 51.3. The van der Waals surface area contributed by atoms with Crippen molar-refractivity contribution in [3.05, 3.63) is 79.3 Å². The summed E-state index contributed by atoms with van der Waals surface area (Å²) in [6.45, 7) is 2.55. The van der Waals surface area contributed by atoms with E-state index < -0.39 is 28.8 Å². The number of allylic oxidation sites excluding steroid dienone is 2. The zero-order valence-corrected chi connectivity index (χ0v) is 17.2. The second-order valence-corrected chi connectivity index (χ2v) is 6.89. The average Bonchev–Trinajstić information content (AvgIpc) is 2.65. The average molecular weight is 489 g/mol. The number of aromatic amines is 1. The summed E-state index contributed by atoms with van der Waals surface area (Å²) >= 11 is 3.12. The van der Waals surface area contributed by atoms with Crippen molar-refractivity contribution in [2.45, 2.75) is 26.1 Å². The van der Waals surface area contributed by atoms with Crippen LogP contribution < -0.4 is 16.9 Å². The molecule has 0 aliphatic rings. The quantitative estimate of drug-likeness (QED) is 0.425. The van der Waals surface area contributed by atoms with Crippen LogP contribution in [0.2, 0.25) is 0 Å². The van der Waals surface area contributed by atoms with Gasteiger partial charge in [0.15, 0.2) is 0 Å². The summed E-state index contributed by atoms with van der Waals surface area (Å²) in [6.07, 6.45) is 2.60. The first-order valence-corrected chi connectivity index (χ1v) is 9.39. The molecule has 0 saturated heterocycles. The predicted molar refractivity (Wildman–Crippen MR) is 110 cm³/mol. The summed E-state index contributed by atoms with van der Waals surface area (Å²) in [5.74, 6) is -0.415. The van der Waals surface area contributed by atoms with Gasteiger partial charge >= 0.3 is 6.18 Å². The minimum absolute atomic E-state index is 0.167. The largest absolute Gasteiger partial charge is 0.423 e. The third-order valence-electron chi connectivity index (χ3n) is 3.89. The van der Waals surface area contributed by atoms with Crippen LogP contribution in [0, 0.1) is 5.82 Å². The molecule has 0 radical (unpaired) electrons. The van der Waals surface area contributed by atoms with Crippen molar-refractivity contribution in [1.82, 2.24) is 14.8 Å². The van der Waals surface area contributed by atoms with Crippen molar-refractivity contribution >= 4 is 32.4 Å². The summed E-state index contributed by atoms with van der Waals surface area (Å²) in [5, 5.41) is 5.88. The summed E-state index contributed by atoms with van der Waals surface area (Å²) in [4.78, 5) is 22.7. The van der Waals surface area contributed by atoms with E-state index >= 15 is 0 Å². The number of benzene rings is 1. The van der Waals surface area contributed by atoms with Gasteiger partial charge in [-0.05, 0) is 45.9 Å². The van der Waals surface area contributed by atoms with E-state index in [0.29, 0.717) is 16.4 Å². The SMILES string of the molecule is CC/C=C/Cn1ccc2cc(Br)c(F)cc2c1=O.Nc1cn[nH]c(=O)c1C(F)(F)F. The number of nitrogen functional groups attached to an aromatic ring is 1. The van der Waals surface area contributed by atoms with Gasteiger partial charge in [0.1, 0.15) is 11.4 Å². The van der Waals surface area contributed by atoms with Gasteiger partial charge in [-0.25, -0.2) is 9.49 Å². The molecule has 0 fully saturated rings. The van der Waals surface area contributed by atoms with Gasteiger partial charge in [-0.3, -0.25) is 9.59 Å². The Morgan fingerprint density at radius 1 is 1.27 bits per heavy atom. The molecule has 11 heteroatoms. The van der Waals surface area contributed by atoms with Gasteiger partial charge in [0, 0.05) is 12.7 Å². The second kappa shape index (κ2) is 9.70. The highest BCUT2D eigenvalue weighted by molar-refractivity contribution is 9.10. The number of nitrogens with one attached hydrogen (secondary N) is 1. The number of aromatic nitrogens is 3. The summed E-state index contributed by atoms with van der Waals surface area (Å²) in [7, 11) is 0. The van der Waals surface area contributed by atoms with Crippen molar-refractivity contribution in [2.75, 3.05) is 5.73 Å². The lowest BCUT2D eigenvalue weighted by molar-refractivity contribution is -0.138. The monoisotopic (exact) mass is 488 g/mol. The molecule has 0 bridgehead atoms. The molecule has 30 heavy (non-hydrogen) atoms. The molecule has 3 N–H and O–H groups in total. The first-order chi connectivity index (χ1) is 14.1. The number of halogens is 5. The Balaban J connectivity index is 0.000000232. The van der Waals surface area contributed by atoms with Gasteiger partial charge in [-0.15, -0.1) is 0 Å². The number of rotatable bonds is 3. The molecule has 0 spiro atoms. The highest BCUT2D eigenvalue weighted by Gasteiger charge is 2.36. The van der Waals surface area contributed by atoms with Crippen molar-refractivity contribution in [3.8, 4) is 0 Å². The van der Waals surface area contributed by atoms with Gasteiger partial charge in [0.2, 0.25) is 0 Å². The minimum atomic E-state index is -4.74. The van der Waals surface area contributed by atoms with Crippen LogP contribution in [0.15, 0.2) is 56.8 Å². The van der Waals surface area contributed by atoms with Gasteiger partial charge in [0.05, 0.1) is 21.7 Å². The highest BCUT2D eigenvalue weighted by atomic mass is 79.9. The fourth-order valence-corrected chi connectivity index (χ4v) is 2.84. The van der Waals surface area contributed by atoms with E-state index in [1.807, 2.05) is 25.1 Å². The number of nitrogens with zero attached hydrogens (tertiary/aromatic N) is 2. The fourth-order valence-electron chi connectivity index (χ4n) is 2.48. The molecule has 6 nitrogen and oxygen atoms in total. The molecule has 0 aliphatic heterocycles. The number of nitrogens with two attached hydrogens (primary N) is 1. The molecule has 3 rings (SSSR count). The minimum Gasteiger partial charge on any atom is -0.397 e. The molecule has 0 unspecified atom stereocenters. The molecular formula is C19H17BrF4N4O2. The molecule has 3 aromatic rings. The van der Waals surface area contributed by atoms with Crippen LogP contribution in [-0.2, 0) is 12.7 Å². The zero-order valence-electron chi connectivity index (χ0n) is 15.6. The van der Waals surface area contributed by atoms with E-state index in [-0.39, 0.29) is 5.56 Å². The summed E-state index contributed by atoms with van der Waals surface area (Å²) in [5.41, 5.74) is 1.33. The number of pyridine rings is 1. The normalized spacial score (nSPS) is 11.5. The van der Waals surface area contributed by atoms with Gasteiger partial charge in [-0.2, -0.15) is 18.3 Å². The van der Waals surface area contributed by atoms with E-state index in [1.165, 1.54) is 6.07 Å². The Hall–Kier alpha value is -2.95. The Labute approximate surface area is 176 Å². The molecular weight excluding hydrogens is 472 g/mol. The van der Waals surface area contributed by atoms with E-state index in [0.717, 1.165) is 18.0 Å². The molecule has 0 aliphatic carbocycles. The van der Waals surface area contributed by atoms with Gasteiger partial charge in [-0.1, -0.05) is 19.1 Å². The van der Waals surface area contributed by atoms with E-state index in [9.17, 15) is 27.2 Å². The molecule has 1 aromatic carbocycles. The van der Waals surface area contributed by atoms with Crippen LogP contribution in [0.4, 0.5) is 23.2 Å². The maximum atomic E-state index is 13.5. The van der Waals surface area contributed by atoms with Crippen LogP contribution >= 0.6 is 15.9 Å². The van der Waals surface area contributed by atoms with E-state index in [4.69, 9.17) is 5.73 Å². The smallest absolute Gasteiger partial charge is 0.397 e. The van der Waals surface area contributed by atoms with Gasteiger partial charge < -0.3 is 10.3 Å². The number of anilines is 1. The van der Waals surface area contributed by atoms with Crippen molar-refractivity contribution < 1.29 is 17.6 Å². The first-order valence-electron chi connectivity index (χ1n) is 8.59. The number of alkyl halides is 3. The van der Waals surface area contributed by atoms with E-state index in [2.05, 4.69) is 21.0 Å². The lowest BCUT2D eigenvalue weighted by Gasteiger charge is -2.06. The van der Waals surface area contributed by atoms with Crippen molar-refractivity contribution in [2.24, 2.45) is 0 Å². The molecule has 0 saturated carbocycles. The number of hydrogen-bond donors (Lipinski definition) is 2. The third-order valence-corrected chi connectivity index (χ3v) is 4.50. The predicted octanol–water partition coefficient (Wildman–Crippen LogP) is 4.24. The Kier molecular flexibility index (Phi) is 7.54. The maximum absolute atomic E-state index is 13.5. The lowest BCUT2D eigenvalue weighted by atomic mass is 10.1. The van der Waals surface area contributed by atoms with Crippen LogP contribution in [0.3, 0.4) is 0 Å². The number of H-pyrrole nitrogens is 1. The standard InChI is InChI=1S/C14H13BrFNO.C5H4F3N3O/c1-2-3-4-6-17-7-5-10-8-12(15)13(16)9-11(10)14(17)18;6-5(7,8)3-2(9)1-10-11-4(3)12/h3-5,7-9H,2,6H2,1H3;1H,(H3,9,11,12)/b4-3+;. The Morgan fingerprint density at radius 3 is 2.53 bits per heavy atom. The highest BCUT2D eigenvalue weighted by Crippen LogP contribution is 2.29. The van der Waals surface area contributed by atoms with Crippen LogP contribution in [0.25, 0.3) is 10.8 Å². The number of fused-ring (bicyclic) bond motifs is 1. The molecule has 2 aromatic heterocycles. The number of hydrogen-bond acceptors (Lipinski definition) is 4. The Bertz CT molecular complexity index is 1190. The molecule has 2 heterocycles. The van der Waals surface area contributed by atoms with Crippen LogP contribution in [-0.4, -0.2) is 14.8 Å². The zero-order chi connectivity index (χ0) is 22.5. The van der Waals surface area contributed by atoms with Crippen molar-refractivity contribution in [3.63, 3.8) is 0 Å². The maximum Gasteiger partial charge on any atom is 0.423 e. The topological polar surface area (TPSA) is 93.8 Å².